The van der Waals surface area contributed by atoms with Crippen molar-refractivity contribution < 1.29 is 99.6 Å². The van der Waals surface area contributed by atoms with Gasteiger partial charge in [-0.15, -0.1) is 0 Å². The summed E-state index contributed by atoms with van der Waals surface area (Å²) < 4.78 is 9.49. The average molecular weight is 436 g/mol. The second kappa shape index (κ2) is 24.3. The molecule has 0 radical (unpaired) electrons. The topological polar surface area (TPSA) is 88.1 Å². The number of rotatable bonds is 3. The van der Waals surface area contributed by atoms with E-state index in [2.05, 4.69) is 10.1 Å². The number of ether oxygens (including phenoxy) is 2. The van der Waals surface area contributed by atoms with Crippen molar-refractivity contribution in [1.82, 2.24) is 10.2 Å². The van der Waals surface area contributed by atoms with Gasteiger partial charge in [0.15, 0.2) is 0 Å². The van der Waals surface area contributed by atoms with Gasteiger partial charge in [-0.05, 0) is 5.56 Å². The first-order valence-corrected chi connectivity index (χ1v) is 8.47. The zero-order valence-corrected chi connectivity index (χ0v) is 18.2. The number of cyclic esters (lactones) is 1. The quantitative estimate of drug-likeness (QED) is 0.761. The van der Waals surface area contributed by atoms with Gasteiger partial charge in [-0.3, -0.25) is 0 Å². The van der Waals surface area contributed by atoms with Crippen LogP contribution in [0, 0.1) is 75.5 Å². The second-order valence-corrected chi connectivity index (χ2v) is 4.38. The third-order valence-corrected chi connectivity index (χ3v) is 2.68. The Morgan fingerprint density at radius 2 is 1.74 bits per heavy atom. The number of alkyl carbamates (subject to hydrolysis) is 1. The summed E-state index contributed by atoms with van der Waals surface area (Å²) in [5, 5.41) is 10.9. The van der Waals surface area contributed by atoms with Crippen LogP contribution in [0.1, 0.15) is 33.3 Å². The summed E-state index contributed by atoms with van der Waals surface area (Å²) in [4.78, 5) is 22.6. The molecule has 1 atom stereocenters. The fourth-order valence-corrected chi connectivity index (χ4v) is 1.54. The second-order valence-electron chi connectivity index (χ2n) is 4.38. The Bertz CT molecular complexity index is 464. The maximum Gasteiger partial charge on any atom is 0.410 e. The van der Waals surface area contributed by atoms with E-state index in [4.69, 9.17) is 9.84 Å². The molecule has 1 aromatic rings. The number of amides is 2. The fourth-order valence-electron chi connectivity index (χ4n) is 1.54. The Hall–Kier alpha value is 0.239. The van der Waals surface area contributed by atoms with Gasteiger partial charge in [0.25, 0.3) is 0 Å². The zero-order valence-electron chi connectivity index (χ0n) is 16.8. The zero-order chi connectivity index (χ0) is 19.7. The first-order chi connectivity index (χ1) is 12.1. The van der Waals surface area contributed by atoms with E-state index in [-0.39, 0.29) is 94.3 Å². The summed E-state index contributed by atoms with van der Waals surface area (Å²) in [6, 6.07) is 9.54. The molecule has 7 nitrogen and oxygen atoms in total. The predicted molar refractivity (Wildman–Crippen MR) is 98.4 cm³/mol. The van der Waals surface area contributed by atoms with E-state index in [1.165, 1.54) is 11.9 Å². The Labute approximate surface area is 223 Å². The summed E-state index contributed by atoms with van der Waals surface area (Å²) in [5.74, 6) is 0. The van der Waals surface area contributed by atoms with Crippen LogP contribution in [0.25, 0.3) is 0 Å². The predicted octanol–water partition coefficient (Wildman–Crippen LogP) is 3.02. The smallest absolute Gasteiger partial charge is 0.410 e. The van der Waals surface area contributed by atoms with Gasteiger partial charge in [-0.1, -0.05) is 58.0 Å². The number of carbonyl (C=O) groups excluding carboxylic acids is 2. The number of benzene rings is 1. The normalized spacial score (nSPS) is 13.4. The van der Waals surface area contributed by atoms with Crippen LogP contribution < -0.4 is 5.32 Å². The number of aliphatic hydroxyl groups excluding tert-OH is 1. The van der Waals surface area contributed by atoms with E-state index < -0.39 is 6.09 Å². The van der Waals surface area contributed by atoms with Crippen LogP contribution in [0.2, 0.25) is 0 Å². The molecule has 2 rings (SSSR count). The number of likely N-dealkylation sites (N-methyl/N-ethyl adjacent to an activating group) is 1. The van der Waals surface area contributed by atoms with Gasteiger partial charge >= 0.3 is 12.2 Å². The maximum absolute atomic E-state index is 10.7. The van der Waals surface area contributed by atoms with Gasteiger partial charge in [0.1, 0.15) is 12.7 Å². The van der Waals surface area contributed by atoms with Crippen molar-refractivity contribution in [3.63, 3.8) is 0 Å². The molecule has 2 amide bonds. The van der Waals surface area contributed by atoms with Crippen LogP contribution >= 0.6 is 0 Å². The first-order valence-electron chi connectivity index (χ1n) is 8.47. The van der Waals surface area contributed by atoms with Crippen LogP contribution in [-0.2, 0) is 16.1 Å². The van der Waals surface area contributed by atoms with Crippen molar-refractivity contribution in [1.29, 1.82) is 0 Å². The minimum Gasteiger partial charge on any atom is -0.445 e. The van der Waals surface area contributed by atoms with Gasteiger partial charge in [-0.25, -0.2) is 9.59 Å². The molecule has 0 saturated carbocycles. The van der Waals surface area contributed by atoms with Gasteiger partial charge in [0.05, 0.1) is 13.2 Å². The van der Waals surface area contributed by atoms with E-state index in [0.717, 1.165) is 5.56 Å². The number of nitrogens with zero attached hydrogens (tertiary/aromatic N) is 1. The minimum absolute atomic E-state index is 0. The van der Waals surface area contributed by atoms with Gasteiger partial charge < -0.3 is 24.8 Å². The molecule has 0 bridgehead atoms. The van der Waals surface area contributed by atoms with E-state index in [1.807, 2.05) is 58.0 Å². The summed E-state index contributed by atoms with van der Waals surface area (Å²) in [6.45, 7) is 8.73. The summed E-state index contributed by atoms with van der Waals surface area (Å²) in [7, 11) is 3.17. The number of nitrogens with one attached hydrogen (secondary N) is 1. The molecular weight excluding hydrogens is 404 g/mol. The Morgan fingerprint density at radius 3 is 2.07 bits per heavy atom. The van der Waals surface area contributed by atoms with Crippen molar-refractivity contribution in [3.8, 4) is 0 Å². The van der Waals surface area contributed by atoms with Crippen molar-refractivity contribution in [3.05, 3.63) is 35.9 Å². The molecule has 1 fully saturated rings. The molecule has 0 unspecified atom stereocenters. The summed E-state index contributed by atoms with van der Waals surface area (Å²) in [5.41, 5.74) is 0.987. The SMILES string of the molecule is CC.CC.CN1C[C@H](CO)OC1=O.CNC(=O)OCc1ccccc1.[Ar].[Ar]. The number of carbonyl (C=O) groups is 2. The Balaban J connectivity index is -0.000000159. The number of hydrogen-bond acceptors (Lipinski definition) is 5. The van der Waals surface area contributed by atoms with Crippen LogP contribution in [0.3, 0.4) is 0 Å². The molecule has 9 heteroatoms. The van der Waals surface area contributed by atoms with Crippen LogP contribution in [0.5, 0.6) is 0 Å². The number of hydrogen-bond donors (Lipinski definition) is 2. The van der Waals surface area contributed by atoms with Crippen molar-refractivity contribution in [2.45, 2.75) is 40.4 Å². The number of aliphatic hydroxyl groups is 1. The molecule has 0 aliphatic carbocycles. The van der Waals surface area contributed by atoms with E-state index in [1.54, 1.807) is 7.05 Å². The third-order valence-electron chi connectivity index (χ3n) is 2.68. The van der Waals surface area contributed by atoms with Crippen molar-refractivity contribution >= 4 is 12.2 Å². The fraction of sp³-hybridized carbons (Fsp3) is 0.556. The van der Waals surface area contributed by atoms with Crippen LogP contribution in [0.15, 0.2) is 30.3 Å². The largest absolute Gasteiger partial charge is 0.445 e. The molecule has 1 aliphatic heterocycles. The molecule has 0 aromatic heterocycles. The van der Waals surface area contributed by atoms with E-state index >= 15 is 0 Å². The first kappa shape index (κ1) is 34.7. The molecule has 27 heavy (non-hydrogen) atoms. The van der Waals surface area contributed by atoms with Gasteiger partial charge in [0, 0.05) is 89.6 Å². The molecular formula is C18H32Ar2N2O5. The summed E-state index contributed by atoms with van der Waals surface area (Å²) in [6.07, 6.45) is -1.07. The van der Waals surface area contributed by atoms with Crippen molar-refractivity contribution in [2.24, 2.45) is 0 Å². The summed E-state index contributed by atoms with van der Waals surface area (Å²) >= 11 is 0. The van der Waals surface area contributed by atoms with Gasteiger partial charge in [-0.2, -0.15) is 0 Å². The van der Waals surface area contributed by atoms with Crippen molar-refractivity contribution in [2.75, 3.05) is 27.2 Å². The molecule has 160 valence electrons. The maximum atomic E-state index is 10.7. The Morgan fingerprint density at radius 1 is 1.22 bits per heavy atom. The standard InChI is InChI=1S/C9H11NO2.C5H9NO3.2C2H6.2Ar/c1-10-9(11)12-7-8-5-3-2-4-6-8;1-6-2-4(3-7)9-5(6)8;2*1-2;;/h2-6H,7H2,1H3,(H,10,11);4,7H,2-3H2,1H3;2*1-2H3;;/t;4-;;;;/m.1..../s1. The van der Waals surface area contributed by atoms with Gasteiger partial charge in [0.2, 0.25) is 0 Å². The average Bonchev–Trinajstić information content (AvgIpc) is 3.02. The van der Waals surface area contributed by atoms with Crippen LogP contribution in [-0.4, -0.2) is 55.5 Å². The molecule has 1 heterocycles. The Kier molecular flexibility index (Phi) is 31.2. The van der Waals surface area contributed by atoms with E-state index in [9.17, 15) is 9.59 Å². The van der Waals surface area contributed by atoms with E-state index in [0.29, 0.717) is 13.2 Å². The molecule has 0 spiro atoms. The molecule has 1 aromatic carbocycles. The molecule has 1 saturated heterocycles. The molecule has 2 N–H and O–H groups in total. The van der Waals surface area contributed by atoms with Crippen LogP contribution in [0.4, 0.5) is 9.59 Å². The minimum atomic E-state index is -0.404. The third kappa shape index (κ3) is 18.0. The molecule has 1 aliphatic rings. The monoisotopic (exact) mass is 436 g/mol.